The summed E-state index contributed by atoms with van der Waals surface area (Å²) in [5, 5.41) is 3.21. The van der Waals surface area contributed by atoms with Crippen LogP contribution >= 0.6 is 0 Å². The number of aromatic nitrogens is 1. The summed E-state index contributed by atoms with van der Waals surface area (Å²) in [7, 11) is 0. The van der Waals surface area contributed by atoms with E-state index >= 15 is 0 Å². The van der Waals surface area contributed by atoms with Gasteiger partial charge in [-0.2, -0.15) is 0 Å². The number of aryl methyl sites for hydroxylation is 1. The van der Waals surface area contributed by atoms with Crippen LogP contribution in [0.2, 0.25) is 0 Å². The van der Waals surface area contributed by atoms with Crippen molar-refractivity contribution in [3.05, 3.63) is 53.6 Å². The molecule has 2 aromatic rings. The molecule has 20 heavy (non-hydrogen) atoms. The van der Waals surface area contributed by atoms with Crippen LogP contribution in [0.1, 0.15) is 31.1 Å². The van der Waals surface area contributed by atoms with Gasteiger partial charge in [0.2, 0.25) is 0 Å². The monoisotopic (exact) mass is 274 g/mol. The van der Waals surface area contributed by atoms with Crippen molar-refractivity contribution >= 4 is 0 Å². The van der Waals surface area contributed by atoms with Crippen LogP contribution in [0.15, 0.2) is 36.5 Å². The Labute approximate surface area is 118 Å². The molecular formula is C16H19FN2O. The largest absolute Gasteiger partial charge is 0.455 e. The Kier molecular flexibility index (Phi) is 4.69. The van der Waals surface area contributed by atoms with Crippen LogP contribution in [0.4, 0.5) is 4.39 Å². The molecule has 0 saturated carbocycles. The van der Waals surface area contributed by atoms with Crippen LogP contribution in [-0.4, -0.2) is 11.5 Å². The highest BCUT2D eigenvalue weighted by Crippen LogP contribution is 2.32. The van der Waals surface area contributed by atoms with E-state index in [2.05, 4.69) is 10.3 Å². The van der Waals surface area contributed by atoms with Crippen LogP contribution in [0.3, 0.4) is 0 Å². The third-order valence-corrected chi connectivity index (χ3v) is 3.13. The van der Waals surface area contributed by atoms with Crippen molar-refractivity contribution in [3.8, 4) is 11.5 Å². The van der Waals surface area contributed by atoms with E-state index in [1.54, 1.807) is 24.4 Å². The summed E-state index contributed by atoms with van der Waals surface area (Å²) in [5.74, 6) is 0.898. The number of halogens is 1. The molecule has 1 unspecified atom stereocenters. The predicted octanol–water partition coefficient (Wildman–Crippen LogP) is 3.99. The van der Waals surface area contributed by atoms with E-state index in [1.165, 1.54) is 6.07 Å². The molecule has 1 heterocycles. The first-order chi connectivity index (χ1) is 9.63. The average molecular weight is 274 g/mol. The maximum absolute atomic E-state index is 14.1. The number of hydrogen-bond donors (Lipinski definition) is 1. The summed E-state index contributed by atoms with van der Waals surface area (Å²) in [5.41, 5.74) is 1.32. The molecular weight excluding hydrogens is 255 g/mol. The van der Waals surface area contributed by atoms with Crippen LogP contribution in [0.5, 0.6) is 11.5 Å². The van der Waals surface area contributed by atoms with Gasteiger partial charge in [-0.05, 0) is 44.7 Å². The van der Waals surface area contributed by atoms with E-state index in [4.69, 9.17) is 4.74 Å². The van der Waals surface area contributed by atoms with Gasteiger partial charge in [-0.3, -0.25) is 4.98 Å². The Morgan fingerprint density at radius 2 is 2.00 bits per heavy atom. The molecule has 0 bridgehead atoms. The van der Waals surface area contributed by atoms with E-state index in [1.807, 2.05) is 26.8 Å². The minimum Gasteiger partial charge on any atom is -0.455 e. The molecule has 0 spiro atoms. The quantitative estimate of drug-likeness (QED) is 0.895. The van der Waals surface area contributed by atoms with Crippen molar-refractivity contribution < 1.29 is 9.13 Å². The zero-order valence-electron chi connectivity index (χ0n) is 12.0. The Hall–Kier alpha value is -1.94. The number of rotatable bonds is 5. The number of pyridine rings is 1. The van der Waals surface area contributed by atoms with Gasteiger partial charge < -0.3 is 10.1 Å². The number of ether oxygens (including phenoxy) is 1. The summed E-state index contributed by atoms with van der Waals surface area (Å²) in [6.45, 7) is 6.54. The van der Waals surface area contributed by atoms with Crippen LogP contribution in [0, 0.1) is 12.7 Å². The summed E-state index contributed by atoms with van der Waals surface area (Å²) in [6, 6.07) is 8.39. The van der Waals surface area contributed by atoms with Crippen molar-refractivity contribution in [2.75, 3.05) is 6.54 Å². The van der Waals surface area contributed by atoms with Gasteiger partial charge in [0.15, 0.2) is 0 Å². The van der Waals surface area contributed by atoms with E-state index < -0.39 is 0 Å². The molecule has 4 heteroatoms. The summed E-state index contributed by atoms with van der Waals surface area (Å²) >= 11 is 0. The van der Waals surface area contributed by atoms with Gasteiger partial charge in [-0.25, -0.2) is 4.39 Å². The molecule has 1 N–H and O–H groups in total. The maximum atomic E-state index is 14.1. The highest BCUT2D eigenvalue weighted by molar-refractivity contribution is 5.41. The lowest BCUT2D eigenvalue weighted by Crippen LogP contribution is -2.19. The lowest BCUT2D eigenvalue weighted by Gasteiger charge is -2.18. The third kappa shape index (κ3) is 3.14. The fourth-order valence-corrected chi connectivity index (χ4v) is 2.13. The smallest absolute Gasteiger partial charge is 0.148 e. The van der Waals surface area contributed by atoms with Gasteiger partial charge >= 0.3 is 0 Å². The molecule has 3 nitrogen and oxygen atoms in total. The van der Waals surface area contributed by atoms with Gasteiger partial charge in [0.1, 0.15) is 17.3 Å². The number of nitrogens with one attached hydrogen (secondary N) is 1. The predicted molar refractivity (Wildman–Crippen MR) is 77.5 cm³/mol. The molecule has 0 radical (unpaired) electrons. The van der Waals surface area contributed by atoms with Gasteiger partial charge in [-0.1, -0.05) is 13.0 Å². The van der Waals surface area contributed by atoms with Crippen LogP contribution in [-0.2, 0) is 0 Å². The van der Waals surface area contributed by atoms with E-state index in [0.717, 1.165) is 12.2 Å². The minimum absolute atomic E-state index is 0.117. The van der Waals surface area contributed by atoms with Gasteiger partial charge in [0.25, 0.3) is 0 Å². The number of benzene rings is 1. The summed E-state index contributed by atoms with van der Waals surface area (Å²) in [6.07, 6.45) is 1.70. The Bertz CT molecular complexity index is 586. The van der Waals surface area contributed by atoms with Gasteiger partial charge in [-0.15, -0.1) is 0 Å². The van der Waals surface area contributed by atoms with Crippen molar-refractivity contribution in [1.29, 1.82) is 0 Å². The second-order valence-electron chi connectivity index (χ2n) is 4.62. The fourth-order valence-electron chi connectivity index (χ4n) is 2.13. The minimum atomic E-state index is -0.266. The lowest BCUT2D eigenvalue weighted by molar-refractivity contribution is 0.443. The van der Waals surface area contributed by atoms with Crippen LogP contribution < -0.4 is 10.1 Å². The molecule has 106 valence electrons. The Morgan fingerprint density at radius 3 is 2.70 bits per heavy atom. The van der Waals surface area contributed by atoms with Crippen molar-refractivity contribution in [3.63, 3.8) is 0 Å². The zero-order valence-corrected chi connectivity index (χ0v) is 12.0. The highest BCUT2D eigenvalue weighted by atomic mass is 19.1. The summed E-state index contributed by atoms with van der Waals surface area (Å²) in [4.78, 5) is 4.17. The molecule has 1 aromatic heterocycles. The first-order valence-corrected chi connectivity index (χ1v) is 6.74. The molecule has 2 rings (SSSR count). The first kappa shape index (κ1) is 14.5. The molecule has 1 atom stereocenters. The lowest BCUT2D eigenvalue weighted by atomic mass is 10.1. The van der Waals surface area contributed by atoms with Crippen LogP contribution in [0.25, 0.3) is 0 Å². The maximum Gasteiger partial charge on any atom is 0.148 e. The molecule has 0 fully saturated rings. The molecule has 0 aliphatic heterocycles. The normalized spacial score (nSPS) is 12.2. The molecule has 0 aliphatic rings. The zero-order chi connectivity index (χ0) is 14.5. The second kappa shape index (κ2) is 6.48. The Balaban J connectivity index is 2.37. The van der Waals surface area contributed by atoms with Gasteiger partial charge in [0.05, 0.1) is 5.69 Å². The second-order valence-corrected chi connectivity index (χ2v) is 4.62. The molecule has 0 amide bonds. The molecule has 0 aliphatic carbocycles. The molecule has 0 saturated heterocycles. The summed E-state index contributed by atoms with van der Waals surface area (Å²) < 4.78 is 19.9. The topological polar surface area (TPSA) is 34.1 Å². The highest BCUT2D eigenvalue weighted by Gasteiger charge is 2.17. The fraction of sp³-hybridized carbons (Fsp3) is 0.312. The third-order valence-electron chi connectivity index (χ3n) is 3.13. The Morgan fingerprint density at radius 1 is 1.25 bits per heavy atom. The van der Waals surface area contributed by atoms with E-state index in [0.29, 0.717) is 17.1 Å². The van der Waals surface area contributed by atoms with E-state index in [9.17, 15) is 4.39 Å². The SMILES string of the molecule is CCNC(C)c1c(F)cccc1Oc1cccnc1C. The van der Waals surface area contributed by atoms with Crippen molar-refractivity contribution in [1.82, 2.24) is 10.3 Å². The van der Waals surface area contributed by atoms with Gasteiger partial charge in [0, 0.05) is 17.8 Å². The van der Waals surface area contributed by atoms with Crippen molar-refractivity contribution in [2.24, 2.45) is 0 Å². The van der Waals surface area contributed by atoms with E-state index in [-0.39, 0.29) is 11.9 Å². The molecule has 1 aromatic carbocycles. The standard InChI is InChI=1S/C16H19FN2O/c1-4-18-12(3)16-13(17)7-5-8-15(16)20-14-9-6-10-19-11(14)2/h5-10,12,18H,4H2,1-3H3. The number of nitrogens with zero attached hydrogens (tertiary/aromatic N) is 1. The first-order valence-electron chi connectivity index (χ1n) is 6.74. The average Bonchev–Trinajstić information content (AvgIpc) is 2.42. The number of hydrogen-bond acceptors (Lipinski definition) is 3. The van der Waals surface area contributed by atoms with Crippen molar-refractivity contribution in [2.45, 2.75) is 26.8 Å².